The van der Waals surface area contributed by atoms with Gasteiger partial charge in [-0.2, -0.15) is 26.3 Å². The van der Waals surface area contributed by atoms with Crippen molar-refractivity contribution >= 4 is 39.2 Å². The number of alkyl halides is 6. The second-order valence-electron chi connectivity index (χ2n) is 11.3. The fourth-order valence-electron chi connectivity index (χ4n) is 4.80. The lowest BCUT2D eigenvalue weighted by molar-refractivity contribution is -0.217. The van der Waals surface area contributed by atoms with Crippen molar-refractivity contribution in [2.75, 3.05) is 24.6 Å². The summed E-state index contributed by atoms with van der Waals surface area (Å²) in [6.07, 6.45) is -8.52. The van der Waals surface area contributed by atoms with Crippen LogP contribution >= 0.6 is 11.6 Å². The summed E-state index contributed by atoms with van der Waals surface area (Å²) in [4.78, 5) is 33.4. The van der Waals surface area contributed by atoms with E-state index in [0.29, 0.717) is 19.0 Å². The van der Waals surface area contributed by atoms with Gasteiger partial charge in [0.05, 0.1) is 28.7 Å². The summed E-state index contributed by atoms with van der Waals surface area (Å²) in [6.45, 7) is 1.83. The van der Waals surface area contributed by atoms with Crippen LogP contribution in [0.4, 0.5) is 36.4 Å². The monoisotopic (exact) mass is 673 g/mol. The van der Waals surface area contributed by atoms with Crippen LogP contribution in [0, 0.1) is 11.2 Å². The normalized spacial score (nSPS) is 18.4. The van der Waals surface area contributed by atoms with Crippen LogP contribution in [-0.2, 0) is 25.8 Å². The van der Waals surface area contributed by atoms with Gasteiger partial charge < -0.3 is 14.5 Å². The third-order valence-corrected chi connectivity index (χ3v) is 9.53. The van der Waals surface area contributed by atoms with Gasteiger partial charge in [-0.05, 0) is 49.3 Å². The molecule has 1 aromatic heterocycles. The largest absolute Gasteiger partial charge is 0.493 e. The Hall–Kier alpha value is -3.34. The van der Waals surface area contributed by atoms with E-state index in [4.69, 9.17) is 16.3 Å². The van der Waals surface area contributed by atoms with Gasteiger partial charge in [-0.15, -0.1) is 0 Å². The Kier molecular flexibility index (Phi) is 7.96. The van der Waals surface area contributed by atoms with Crippen molar-refractivity contribution in [2.24, 2.45) is 5.41 Å². The summed E-state index contributed by atoms with van der Waals surface area (Å²) in [7, 11) is -4.89. The van der Waals surface area contributed by atoms with Crippen LogP contribution in [0.15, 0.2) is 24.4 Å². The summed E-state index contributed by atoms with van der Waals surface area (Å²) < 4.78 is 125. The van der Waals surface area contributed by atoms with Gasteiger partial charge in [0.2, 0.25) is 0 Å². The van der Waals surface area contributed by atoms with Crippen LogP contribution < -0.4 is 9.64 Å². The van der Waals surface area contributed by atoms with Crippen LogP contribution in [-0.4, -0.2) is 60.9 Å². The van der Waals surface area contributed by atoms with Gasteiger partial charge in [-0.3, -0.25) is 4.79 Å². The van der Waals surface area contributed by atoms with E-state index in [1.165, 1.54) is 4.90 Å². The van der Waals surface area contributed by atoms with E-state index in [9.17, 15) is 44.3 Å². The van der Waals surface area contributed by atoms with E-state index in [2.05, 4.69) is 9.82 Å². The smallest absolute Gasteiger partial charge is 0.492 e. The van der Waals surface area contributed by atoms with Crippen molar-refractivity contribution < 1.29 is 58.3 Å². The third-order valence-electron chi connectivity index (χ3n) is 7.30. The minimum Gasteiger partial charge on any atom is -0.492 e. The number of aromatic nitrogens is 1. The number of hydrogen-bond acceptors (Lipinski definition) is 8. The van der Waals surface area contributed by atoms with E-state index >= 15 is 4.39 Å². The number of rotatable bonds is 8. The molecule has 2 heterocycles. The minimum atomic E-state index is -5.64. The summed E-state index contributed by atoms with van der Waals surface area (Å²) in [6, 6.07) is 2.82. The molecule has 1 aromatic carbocycles. The first-order valence-electron chi connectivity index (χ1n) is 13.1. The quantitative estimate of drug-likeness (QED) is 0.202. The van der Waals surface area contributed by atoms with Gasteiger partial charge in [0.15, 0.2) is 0 Å². The van der Waals surface area contributed by atoms with E-state index < -0.39 is 66.3 Å². The molecule has 1 aliphatic heterocycles. The maximum Gasteiger partial charge on any atom is 0.493 e. The summed E-state index contributed by atoms with van der Waals surface area (Å²) in [5.41, 5.74) is -2.53. The number of sulfonamides is 1. The first-order valence-corrected chi connectivity index (χ1v) is 15.0. The maximum absolute atomic E-state index is 15.3. The molecular formula is C26H23ClF7N3O6S. The molecule has 240 valence electrons. The Morgan fingerprint density at radius 2 is 1.73 bits per heavy atom. The van der Waals surface area contributed by atoms with Crippen molar-refractivity contribution in [3.05, 3.63) is 52.1 Å². The lowest BCUT2D eigenvalue weighted by Crippen LogP contribution is -2.58. The number of nitrogens with zero attached hydrogens (tertiary/aromatic N) is 3. The number of hydrogen-bond donors (Lipinski definition) is 0. The number of hydroxylamine groups is 1. The number of amides is 1. The SMILES string of the molecule is CC1(COc2cc(F)c(C(=O)N(OC(=O)C(F)(F)F)S(=O)(=O)C3CC3)cc2C2CC2)CN(c2cc(Cl)ncc2C(F)(F)F)C1. The minimum absolute atomic E-state index is 0.000179. The average molecular weight is 674 g/mol. The van der Waals surface area contributed by atoms with Crippen molar-refractivity contribution in [1.82, 2.24) is 9.45 Å². The van der Waals surface area contributed by atoms with Crippen molar-refractivity contribution in [1.29, 1.82) is 0 Å². The average Bonchev–Trinajstić information content (AvgIpc) is 3.79. The second kappa shape index (κ2) is 10.9. The standard InChI is InChI=1S/C26H23ClF7N3O6S/c1-24(10-36(11-24)19-8-21(27)35-9-17(19)25(29,30)31)12-42-20-7-18(28)16(6-15(20)13-2-3-13)22(38)37(43-23(39)26(32,33)34)44(40,41)14-4-5-14/h6-9,13-14H,2-5,10-12H2,1H3. The first-order chi connectivity index (χ1) is 20.3. The number of anilines is 1. The third kappa shape index (κ3) is 6.53. The van der Waals surface area contributed by atoms with Gasteiger partial charge >= 0.3 is 24.2 Å². The Labute approximate surface area is 250 Å². The number of ether oxygens (including phenoxy) is 1. The number of pyridine rings is 1. The lowest BCUT2D eigenvalue weighted by Gasteiger charge is -2.49. The highest BCUT2D eigenvalue weighted by molar-refractivity contribution is 7.90. The zero-order valence-corrected chi connectivity index (χ0v) is 24.2. The molecule has 0 unspecified atom stereocenters. The van der Waals surface area contributed by atoms with Crippen molar-refractivity contribution in [3.63, 3.8) is 0 Å². The highest BCUT2D eigenvalue weighted by Gasteiger charge is 2.50. The second-order valence-corrected chi connectivity index (χ2v) is 13.7. The molecule has 1 amide bonds. The Balaban J connectivity index is 1.35. The zero-order chi connectivity index (χ0) is 32.4. The maximum atomic E-state index is 15.3. The Morgan fingerprint density at radius 1 is 1.09 bits per heavy atom. The van der Waals surface area contributed by atoms with Crippen LogP contribution in [0.25, 0.3) is 0 Å². The molecule has 0 bridgehead atoms. The van der Waals surface area contributed by atoms with Crippen molar-refractivity contribution in [3.8, 4) is 5.75 Å². The molecule has 0 N–H and O–H groups in total. The van der Waals surface area contributed by atoms with Crippen LogP contribution in [0.1, 0.15) is 60.0 Å². The summed E-state index contributed by atoms with van der Waals surface area (Å²) in [5.74, 6) is -6.43. The molecule has 0 atom stereocenters. The molecule has 2 saturated carbocycles. The topological polar surface area (TPSA) is 106 Å². The highest BCUT2D eigenvalue weighted by Crippen LogP contribution is 2.47. The fraction of sp³-hybridized carbons (Fsp3) is 0.500. The molecule has 1 saturated heterocycles. The molecule has 18 heteroatoms. The Bertz CT molecular complexity index is 1600. The number of carbonyl (C=O) groups is 2. The number of carbonyl (C=O) groups excluding carboxylic acids is 2. The molecular weight excluding hydrogens is 651 g/mol. The first kappa shape index (κ1) is 32.1. The van der Waals surface area contributed by atoms with Crippen LogP contribution in [0.2, 0.25) is 5.15 Å². The van der Waals surface area contributed by atoms with E-state index in [0.717, 1.165) is 18.2 Å². The van der Waals surface area contributed by atoms with E-state index in [-0.39, 0.29) is 60.6 Å². The lowest BCUT2D eigenvalue weighted by atomic mass is 9.82. The fourth-order valence-corrected chi connectivity index (χ4v) is 6.45. The van der Waals surface area contributed by atoms with Gasteiger partial charge in [-0.1, -0.05) is 23.0 Å². The molecule has 3 fully saturated rings. The molecule has 5 rings (SSSR count). The highest BCUT2D eigenvalue weighted by atomic mass is 35.5. The van der Waals surface area contributed by atoms with Gasteiger partial charge in [0.25, 0.3) is 10.0 Å². The molecule has 0 spiro atoms. The van der Waals surface area contributed by atoms with Gasteiger partial charge in [-0.25, -0.2) is 22.6 Å². The number of benzene rings is 1. The Morgan fingerprint density at radius 3 is 2.27 bits per heavy atom. The molecule has 0 radical (unpaired) electrons. The molecule has 2 aromatic rings. The molecule has 44 heavy (non-hydrogen) atoms. The summed E-state index contributed by atoms with van der Waals surface area (Å²) >= 11 is 5.81. The van der Waals surface area contributed by atoms with E-state index in [1.54, 1.807) is 6.92 Å². The van der Waals surface area contributed by atoms with Gasteiger partial charge in [0.1, 0.15) is 16.7 Å². The van der Waals surface area contributed by atoms with E-state index in [1.807, 2.05) is 0 Å². The van der Waals surface area contributed by atoms with Crippen LogP contribution in [0.3, 0.4) is 0 Å². The molecule has 9 nitrogen and oxygen atoms in total. The molecule has 2 aliphatic carbocycles. The van der Waals surface area contributed by atoms with Crippen molar-refractivity contribution in [2.45, 2.75) is 56.1 Å². The van der Waals surface area contributed by atoms with Gasteiger partial charge in [0, 0.05) is 30.8 Å². The van der Waals surface area contributed by atoms with Crippen LogP contribution in [0.5, 0.6) is 5.75 Å². The predicted octanol–water partition coefficient (Wildman–Crippen LogP) is 5.63. The molecule has 3 aliphatic rings. The summed E-state index contributed by atoms with van der Waals surface area (Å²) in [5, 5.41) is -1.41. The number of halogens is 8. The zero-order valence-electron chi connectivity index (χ0n) is 22.6. The predicted molar refractivity (Wildman–Crippen MR) is 139 cm³/mol.